The Balaban J connectivity index is 1.35. The summed E-state index contributed by atoms with van der Waals surface area (Å²) in [6, 6.07) is 0. The maximum Gasteiger partial charge on any atom is 0.306 e. The fraction of sp³-hybridized carbons (Fsp3) is 0.938. The maximum atomic E-state index is 11.9. The Kier molecular flexibility index (Phi) is 17.3. The summed E-state index contributed by atoms with van der Waals surface area (Å²) in [5, 5.41) is 0. The summed E-state index contributed by atoms with van der Waals surface area (Å²) >= 11 is 0. The monoisotopic (exact) mass is 506 g/mol. The topological polar surface area (TPSA) is 52.6 Å². The van der Waals surface area contributed by atoms with E-state index in [1.165, 1.54) is 89.9 Å². The molecule has 0 amide bonds. The average Bonchev–Trinajstić information content (AvgIpc) is 3.55. The Morgan fingerprint density at radius 3 is 1.25 bits per heavy atom. The number of ether oxygens (including phenoxy) is 2. The van der Waals surface area contributed by atoms with Crippen LogP contribution in [0.3, 0.4) is 0 Å². The summed E-state index contributed by atoms with van der Waals surface area (Å²) in [5.41, 5.74) is 0. The highest BCUT2D eigenvalue weighted by Gasteiger charge is 2.19. The van der Waals surface area contributed by atoms with Gasteiger partial charge in [0.15, 0.2) is 0 Å². The molecular formula is C32H58O4. The second-order valence-electron chi connectivity index (χ2n) is 12.1. The highest BCUT2D eigenvalue weighted by atomic mass is 16.5. The van der Waals surface area contributed by atoms with E-state index in [-0.39, 0.29) is 24.1 Å². The molecule has 2 aliphatic rings. The van der Waals surface area contributed by atoms with E-state index in [4.69, 9.17) is 9.47 Å². The lowest BCUT2D eigenvalue weighted by molar-refractivity contribution is -0.149. The van der Waals surface area contributed by atoms with Gasteiger partial charge in [-0.25, -0.2) is 0 Å². The van der Waals surface area contributed by atoms with E-state index in [0.29, 0.717) is 12.8 Å². The Morgan fingerprint density at radius 2 is 0.889 bits per heavy atom. The Hall–Kier alpha value is -1.06. The third kappa shape index (κ3) is 15.3. The molecule has 2 rings (SSSR count). The van der Waals surface area contributed by atoms with Crippen molar-refractivity contribution < 1.29 is 19.1 Å². The lowest BCUT2D eigenvalue weighted by Crippen LogP contribution is -2.14. The van der Waals surface area contributed by atoms with Crippen molar-refractivity contribution in [2.45, 2.75) is 180 Å². The molecule has 0 saturated heterocycles. The standard InChI is InChI=1S/C32H58O4/c1-27(2)28(19-11-7-3-5-9-13-25-31(33)35-29-21-15-16-22-29)20-12-8-4-6-10-14-26-32(34)36-30-23-17-18-24-30/h27-30H,3-26H2,1-2H3. The molecular weight excluding hydrogens is 448 g/mol. The summed E-state index contributed by atoms with van der Waals surface area (Å²) in [5.74, 6) is 1.70. The highest BCUT2D eigenvalue weighted by Crippen LogP contribution is 2.26. The van der Waals surface area contributed by atoms with Crippen molar-refractivity contribution in [2.24, 2.45) is 11.8 Å². The van der Waals surface area contributed by atoms with Crippen LogP contribution in [-0.4, -0.2) is 24.1 Å². The minimum atomic E-state index is 0.0286. The van der Waals surface area contributed by atoms with Gasteiger partial charge in [-0.1, -0.05) is 90.9 Å². The van der Waals surface area contributed by atoms with Crippen LogP contribution in [0.1, 0.15) is 168 Å². The zero-order valence-electron chi connectivity index (χ0n) is 23.9. The van der Waals surface area contributed by atoms with Gasteiger partial charge in [0.2, 0.25) is 0 Å². The van der Waals surface area contributed by atoms with E-state index >= 15 is 0 Å². The van der Waals surface area contributed by atoms with Gasteiger partial charge in [-0.2, -0.15) is 0 Å². The van der Waals surface area contributed by atoms with Gasteiger partial charge in [0.1, 0.15) is 12.2 Å². The summed E-state index contributed by atoms with van der Waals surface area (Å²) in [6.45, 7) is 4.78. The van der Waals surface area contributed by atoms with Gasteiger partial charge in [0.25, 0.3) is 0 Å². The lowest BCUT2D eigenvalue weighted by atomic mass is 9.85. The molecule has 0 radical (unpaired) electrons. The average molecular weight is 507 g/mol. The molecule has 0 aromatic rings. The molecule has 0 heterocycles. The zero-order chi connectivity index (χ0) is 25.8. The van der Waals surface area contributed by atoms with Crippen molar-refractivity contribution in [1.29, 1.82) is 0 Å². The summed E-state index contributed by atoms with van der Waals surface area (Å²) in [7, 11) is 0. The van der Waals surface area contributed by atoms with E-state index in [2.05, 4.69) is 13.8 Å². The lowest BCUT2D eigenvalue weighted by Gasteiger charge is -2.20. The van der Waals surface area contributed by atoms with Crippen molar-refractivity contribution in [2.75, 3.05) is 0 Å². The van der Waals surface area contributed by atoms with Crippen LogP contribution in [0.5, 0.6) is 0 Å². The van der Waals surface area contributed by atoms with Crippen molar-refractivity contribution in [3.63, 3.8) is 0 Å². The third-order valence-corrected chi connectivity index (χ3v) is 8.56. The van der Waals surface area contributed by atoms with Crippen LogP contribution in [0.25, 0.3) is 0 Å². The van der Waals surface area contributed by atoms with E-state index in [1.54, 1.807) is 0 Å². The van der Waals surface area contributed by atoms with Gasteiger partial charge >= 0.3 is 11.9 Å². The minimum absolute atomic E-state index is 0.0286. The van der Waals surface area contributed by atoms with Crippen molar-refractivity contribution in [3.8, 4) is 0 Å². The molecule has 0 aromatic carbocycles. The number of carbonyl (C=O) groups excluding carboxylic acids is 2. The number of esters is 2. The van der Waals surface area contributed by atoms with E-state index in [9.17, 15) is 9.59 Å². The van der Waals surface area contributed by atoms with Gasteiger partial charge in [0, 0.05) is 12.8 Å². The van der Waals surface area contributed by atoms with Crippen molar-refractivity contribution in [1.82, 2.24) is 0 Å². The van der Waals surface area contributed by atoms with Crippen LogP contribution in [-0.2, 0) is 19.1 Å². The third-order valence-electron chi connectivity index (χ3n) is 8.56. The molecule has 4 heteroatoms. The molecule has 0 N–H and O–H groups in total. The predicted octanol–water partition coefficient (Wildman–Crippen LogP) is 9.47. The maximum absolute atomic E-state index is 11.9. The fourth-order valence-electron chi connectivity index (χ4n) is 6.08. The number of hydrogen-bond acceptors (Lipinski definition) is 4. The number of carbonyl (C=O) groups is 2. The fourth-order valence-corrected chi connectivity index (χ4v) is 6.08. The molecule has 0 atom stereocenters. The molecule has 2 saturated carbocycles. The molecule has 0 aliphatic heterocycles. The normalized spacial score (nSPS) is 16.9. The van der Waals surface area contributed by atoms with Gasteiger partial charge in [0.05, 0.1) is 0 Å². The Morgan fingerprint density at radius 1 is 0.556 bits per heavy atom. The SMILES string of the molecule is CC(C)C(CCCCCCCCC(=O)OC1CCCC1)CCCCCCCCC(=O)OC1CCCC1. The second-order valence-corrected chi connectivity index (χ2v) is 12.1. The molecule has 4 nitrogen and oxygen atoms in total. The minimum Gasteiger partial charge on any atom is -0.462 e. The van der Waals surface area contributed by atoms with Gasteiger partial charge in [-0.3, -0.25) is 9.59 Å². The largest absolute Gasteiger partial charge is 0.462 e. The molecule has 0 aromatic heterocycles. The van der Waals surface area contributed by atoms with Gasteiger partial charge < -0.3 is 9.47 Å². The van der Waals surface area contributed by atoms with Crippen LogP contribution in [0, 0.1) is 11.8 Å². The summed E-state index contributed by atoms with van der Waals surface area (Å²) in [4.78, 5) is 23.8. The smallest absolute Gasteiger partial charge is 0.306 e. The second kappa shape index (κ2) is 20.0. The number of unbranched alkanes of at least 4 members (excludes halogenated alkanes) is 10. The van der Waals surface area contributed by atoms with Crippen molar-refractivity contribution in [3.05, 3.63) is 0 Å². The van der Waals surface area contributed by atoms with Crippen LogP contribution in [0.4, 0.5) is 0 Å². The molecule has 210 valence electrons. The van der Waals surface area contributed by atoms with Crippen LogP contribution < -0.4 is 0 Å². The van der Waals surface area contributed by atoms with E-state index < -0.39 is 0 Å². The van der Waals surface area contributed by atoms with Gasteiger partial charge in [-0.15, -0.1) is 0 Å². The van der Waals surface area contributed by atoms with E-state index in [0.717, 1.165) is 63.2 Å². The van der Waals surface area contributed by atoms with Gasteiger partial charge in [-0.05, 0) is 76.0 Å². The number of hydrogen-bond donors (Lipinski definition) is 0. The Labute approximate surface area is 223 Å². The van der Waals surface area contributed by atoms with Crippen LogP contribution in [0.15, 0.2) is 0 Å². The molecule has 0 spiro atoms. The van der Waals surface area contributed by atoms with Crippen LogP contribution in [0.2, 0.25) is 0 Å². The summed E-state index contributed by atoms with van der Waals surface area (Å²) in [6.07, 6.45) is 28.3. The highest BCUT2D eigenvalue weighted by molar-refractivity contribution is 5.69. The van der Waals surface area contributed by atoms with Crippen molar-refractivity contribution >= 4 is 11.9 Å². The first kappa shape index (κ1) is 31.2. The van der Waals surface area contributed by atoms with Crippen LogP contribution >= 0.6 is 0 Å². The first-order valence-corrected chi connectivity index (χ1v) is 15.9. The zero-order valence-corrected chi connectivity index (χ0v) is 23.9. The first-order valence-electron chi connectivity index (χ1n) is 15.9. The molecule has 2 fully saturated rings. The molecule has 2 aliphatic carbocycles. The summed E-state index contributed by atoms with van der Waals surface area (Å²) < 4.78 is 11.1. The molecule has 0 unspecified atom stereocenters. The Bertz CT molecular complexity index is 515. The first-order chi connectivity index (χ1) is 17.5. The molecule has 0 bridgehead atoms. The number of rotatable bonds is 21. The predicted molar refractivity (Wildman–Crippen MR) is 149 cm³/mol. The van der Waals surface area contributed by atoms with E-state index in [1.807, 2.05) is 0 Å². The quantitative estimate of drug-likeness (QED) is 0.115. The molecule has 36 heavy (non-hydrogen) atoms.